The van der Waals surface area contributed by atoms with E-state index in [-0.39, 0.29) is 11.5 Å². The minimum atomic E-state index is -0.197. The molecule has 2 unspecified atom stereocenters. The van der Waals surface area contributed by atoms with E-state index in [2.05, 4.69) is 13.0 Å². The molecule has 1 N–H and O–H groups in total. The number of benzene rings is 1. The topological polar surface area (TPSA) is 33.4 Å². The molecular formula is C14H15ClO2. The second-order valence-electron chi connectivity index (χ2n) is 5.25. The Balaban J connectivity index is 2.06. The predicted molar refractivity (Wildman–Crippen MR) is 68.4 cm³/mol. The lowest BCUT2D eigenvalue weighted by atomic mass is 9.86. The highest BCUT2D eigenvalue weighted by atomic mass is 35.5. The summed E-state index contributed by atoms with van der Waals surface area (Å²) < 4.78 is 5.89. The lowest BCUT2D eigenvalue weighted by Crippen LogP contribution is -2.17. The van der Waals surface area contributed by atoms with Crippen LogP contribution in [-0.2, 0) is 5.41 Å². The molecular weight excluding hydrogens is 236 g/mol. The second-order valence-corrected chi connectivity index (χ2v) is 5.69. The molecule has 1 fully saturated rings. The zero-order valence-corrected chi connectivity index (χ0v) is 10.5. The van der Waals surface area contributed by atoms with E-state index in [9.17, 15) is 5.11 Å². The first-order chi connectivity index (χ1) is 8.07. The Morgan fingerprint density at radius 3 is 2.94 bits per heavy atom. The minimum absolute atomic E-state index is 0.0368. The van der Waals surface area contributed by atoms with Crippen molar-refractivity contribution in [2.45, 2.75) is 37.7 Å². The van der Waals surface area contributed by atoms with E-state index < -0.39 is 0 Å². The molecule has 2 nitrogen and oxygen atoms in total. The summed E-state index contributed by atoms with van der Waals surface area (Å²) in [7, 11) is 0. The molecule has 0 bridgehead atoms. The van der Waals surface area contributed by atoms with Gasteiger partial charge in [0.15, 0.2) is 0 Å². The highest BCUT2D eigenvalue weighted by molar-refractivity contribution is 6.31. The van der Waals surface area contributed by atoms with Crippen molar-refractivity contribution in [1.29, 1.82) is 0 Å². The third-order valence-electron chi connectivity index (χ3n) is 3.79. The molecule has 1 aromatic heterocycles. The summed E-state index contributed by atoms with van der Waals surface area (Å²) in [6.45, 7) is 2.16. The smallest absolute Gasteiger partial charge is 0.134 e. The molecule has 2 aromatic rings. The van der Waals surface area contributed by atoms with E-state index in [1.807, 2.05) is 18.2 Å². The van der Waals surface area contributed by atoms with E-state index in [1.165, 1.54) is 0 Å². The van der Waals surface area contributed by atoms with Crippen LogP contribution in [0, 0.1) is 0 Å². The van der Waals surface area contributed by atoms with Gasteiger partial charge < -0.3 is 9.52 Å². The fraction of sp³-hybridized carbons (Fsp3) is 0.429. The van der Waals surface area contributed by atoms with Crippen LogP contribution in [0.25, 0.3) is 11.0 Å². The summed E-state index contributed by atoms with van der Waals surface area (Å²) in [5.74, 6) is 0.964. The molecule has 90 valence electrons. The van der Waals surface area contributed by atoms with E-state index in [0.29, 0.717) is 0 Å². The zero-order chi connectivity index (χ0) is 12.0. The maximum atomic E-state index is 9.68. The van der Waals surface area contributed by atoms with Crippen molar-refractivity contribution < 1.29 is 9.52 Å². The van der Waals surface area contributed by atoms with Gasteiger partial charge in [-0.15, -0.1) is 0 Å². The average molecular weight is 251 g/mol. The van der Waals surface area contributed by atoms with Gasteiger partial charge in [-0.05, 0) is 43.5 Å². The average Bonchev–Trinajstić information content (AvgIpc) is 2.83. The predicted octanol–water partition coefficient (Wildman–Crippen LogP) is 3.89. The molecule has 1 aromatic carbocycles. The lowest BCUT2D eigenvalue weighted by molar-refractivity contribution is 0.172. The van der Waals surface area contributed by atoms with Crippen molar-refractivity contribution >= 4 is 22.6 Å². The summed E-state index contributed by atoms with van der Waals surface area (Å²) >= 11 is 5.96. The summed E-state index contributed by atoms with van der Waals surface area (Å²) in [5, 5.41) is 11.4. The minimum Gasteiger partial charge on any atom is -0.460 e. The zero-order valence-electron chi connectivity index (χ0n) is 9.74. The number of aliphatic hydroxyl groups is 1. The van der Waals surface area contributed by atoms with Gasteiger partial charge in [-0.3, -0.25) is 0 Å². The Bertz CT molecular complexity index is 560. The van der Waals surface area contributed by atoms with Crippen molar-refractivity contribution in [1.82, 2.24) is 0 Å². The molecule has 2 atom stereocenters. The van der Waals surface area contributed by atoms with Crippen LogP contribution >= 0.6 is 11.6 Å². The van der Waals surface area contributed by atoms with Crippen LogP contribution in [-0.4, -0.2) is 11.2 Å². The van der Waals surface area contributed by atoms with Crippen LogP contribution in [0.2, 0.25) is 5.02 Å². The Morgan fingerprint density at radius 1 is 1.41 bits per heavy atom. The standard InChI is InChI=1S/C14H15ClO2/c1-14(5-4-11(16)8-14)13-7-9-6-10(15)2-3-12(9)17-13/h2-3,6-7,11,16H,4-5,8H2,1H3. The van der Waals surface area contributed by atoms with E-state index in [1.54, 1.807) is 0 Å². The van der Waals surface area contributed by atoms with Crippen LogP contribution in [0.15, 0.2) is 28.7 Å². The maximum absolute atomic E-state index is 9.68. The Hall–Kier alpha value is -0.990. The van der Waals surface area contributed by atoms with Gasteiger partial charge in [-0.2, -0.15) is 0 Å². The molecule has 1 saturated carbocycles. The fourth-order valence-electron chi connectivity index (χ4n) is 2.74. The lowest BCUT2D eigenvalue weighted by Gasteiger charge is -2.20. The molecule has 3 heteroatoms. The van der Waals surface area contributed by atoms with Crippen LogP contribution in [0.4, 0.5) is 0 Å². The summed E-state index contributed by atoms with van der Waals surface area (Å²) in [4.78, 5) is 0. The maximum Gasteiger partial charge on any atom is 0.134 e. The van der Waals surface area contributed by atoms with Gasteiger partial charge in [-0.25, -0.2) is 0 Å². The normalized spacial score (nSPS) is 29.0. The molecule has 3 rings (SSSR count). The molecule has 0 amide bonds. The number of fused-ring (bicyclic) bond motifs is 1. The Labute approximate surface area is 105 Å². The highest BCUT2D eigenvalue weighted by Crippen LogP contribution is 2.42. The highest BCUT2D eigenvalue weighted by Gasteiger charge is 2.38. The van der Waals surface area contributed by atoms with Crippen LogP contribution < -0.4 is 0 Å². The molecule has 0 aliphatic heterocycles. The molecule has 0 radical (unpaired) electrons. The van der Waals surface area contributed by atoms with Crippen LogP contribution in [0.5, 0.6) is 0 Å². The summed E-state index contributed by atoms with van der Waals surface area (Å²) in [6, 6.07) is 7.71. The first-order valence-corrected chi connectivity index (χ1v) is 6.32. The van der Waals surface area contributed by atoms with Gasteiger partial charge in [0.05, 0.1) is 6.10 Å². The van der Waals surface area contributed by atoms with Gasteiger partial charge in [0.25, 0.3) is 0 Å². The monoisotopic (exact) mass is 250 g/mol. The van der Waals surface area contributed by atoms with Crippen LogP contribution in [0.3, 0.4) is 0 Å². The molecule has 0 saturated heterocycles. The Morgan fingerprint density at radius 2 is 2.24 bits per heavy atom. The first-order valence-electron chi connectivity index (χ1n) is 5.94. The van der Waals surface area contributed by atoms with Crippen molar-refractivity contribution in [3.63, 3.8) is 0 Å². The molecule has 1 heterocycles. The number of hydrogen-bond acceptors (Lipinski definition) is 2. The van der Waals surface area contributed by atoms with Gasteiger partial charge in [0, 0.05) is 15.8 Å². The van der Waals surface area contributed by atoms with Gasteiger partial charge in [-0.1, -0.05) is 18.5 Å². The SMILES string of the molecule is CC1(c2cc3cc(Cl)ccc3o2)CCC(O)C1. The third kappa shape index (κ3) is 1.85. The van der Waals surface area contributed by atoms with Crippen molar-refractivity contribution in [3.8, 4) is 0 Å². The fourth-order valence-corrected chi connectivity index (χ4v) is 2.93. The van der Waals surface area contributed by atoms with E-state index in [0.717, 1.165) is 41.0 Å². The van der Waals surface area contributed by atoms with Gasteiger partial charge in [0.2, 0.25) is 0 Å². The number of furan rings is 1. The largest absolute Gasteiger partial charge is 0.460 e. The van der Waals surface area contributed by atoms with E-state index in [4.69, 9.17) is 16.0 Å². The molecule has 1 aliphatic rings. The molecule has 0 spiro atoms. The van der Waals surface area contributed by atoms with Crippen molar-refractivity contribution in [2.24, 2.45) is 0 Å². The van der Waals surface area contributed by atoms with Crippen LogP contribution in [0.1, 0.15) is 31.9 Å². The van der Waals surface area contributed by atoms with Crippen molar-refractivity contribution in [2.75, 3.05) is 0 Å². The molecule has 1 aliphatic carbocycles. The van der Waals surface area contributed by atoms with Gasteiger partial charge >= 0.3 is 0 Å². The number of hydrogen-bond donors (Lipinski definition) is 1. The second kappa shape index (κ2) is 3.76. The first kappa shape index (κ1) is 11.1. The molecule has 17 heavy (non-hydrogen) atoms. The summed E-state index contributed by atoms with van der Waals surface area (Å²) in [5.41, 5.74) is 0.831. The number of halogens is 1. The number of aliphatic hydroxyl groups excluding tert-OH is 1. The Kier molecular flexibility index (Phi) is 2.46. The summed E-state index contributed by atoms with van der Waals surface area (Å²) in [6.07, 6.45) is 2.41. The third-order valence-corrected chi connectivity index (χ3v) is 4.02. The van der Waals surface area contributed by atoms with Gasteiger partial charge in [0.1, 0.15) is 11.3 Å². The van der Waals surface area contributed by atoms with E-state index >= 15 is 0 Å². The van der Waals surface area contributed by atoms with Crippen molar-refractivity contribution in [3.05, 3.63) is 35.0 Å². The quantitative estimate of drug-likeness (QED) is 0.833. The number of rotatable bonds is 1.